The first-order valence-electron chi connectivity index (χ1n) is 8.00. The summed E-state index contributed by atoms with van der Waals surface area (Å²) < 4.78 is 16.2. The lowest BCUT2D eigenvalue weighted by molar-refractivity contribution is 0.352. The summed E-state index contributed by atoms with van der Waals surface area (Å²) in [6.45, 7) is 7.66. The van der Waals surface area contributed by atoms with Gasteiger partial charge in [-0.3, -0.25) is 0 Å². The van der Waals surface area contributed by atoms with E-state index in [0.717, 1.165) is 23.4 Å². The molecule has 0 aliphatic rings. The van der Waals surface area contributed by atoms with Gasteiger partial charge in [0.15, 0.2) is 11.5 Å². The lowest BCUT2D eigenvalue weighted by Crippen LogP contribution is -2.13. The summed E-state index contributed by atoms with van der Waals surface area (Å²) in [7, 11) is 3.20. The van der Waals surface area contributed by atoms with Crippen molar-refractivity contribution in [1.29, 1.82) is 0 Å². The van der Waals surface area contributed by atoms with Crippen LogP contribution in [0.2, 0.25) is 5.02 Å². The normalized spacial score (nSPS) is 10.4. The Balaban J connectivity index is 1.91. The van der Waals surface area contributed by atoms with Crippen LogP contribution in [-0.2, 0) is 13.1 Å². The number of halogens is 1. The molecule has 25 heavy (non-hydrogen) atoms. The molecule has 2 aromatic rings. The molecule has 2 aromatic carbocycles. The highest BCUT2D eigenvalue weighted by Gasteiger charge is 2.09. The van der Waals surface area contributed by atoms with E-state index < -0.39 is 0 Å². The average molecular weight is 362 g/mol. The van der Waals surface area contributed by atoms with Gasteiger partial charge in [0.25, 0.3) is 0 Å². The predicted octanol–water partition coefficient (Wildman–Crippen LogP) is 4.60. The van der Waals surface area contributed by atoms with E-state index in [1.807, 2.05) is 37.3 Å². The van der Waals surface area contributed by atoms with Crippen molar-refractivity contribution in [3.8, 4) is 17.2 Å². The molecule has 0 saturated heterocycles. The molecule has 0 atom stereocenters. The number of hydrogen-bond donors (Lipinski definition) is 1. The molecular formula is C20H24ClNO3. The zero-order chi connectivity index (χ0) is 18.2. The molecule has 134 valence electrons. The van der Waals surface area contributed by atoms with E-state index in [2.05, 4.69) is 11.9 Å². The quantitative estimate of drug-likeness (QED) is 0.662. The Morgan fingerprint density at radius 2 is 1.68 bits per heavy atom. The Bertz CT molecular complexity index is 714. The zero-order valence-corrected chi connectivity index (χ0v) is 15.7. The monoisotopic (exact) mass is 361 g/mol. The highest BCUT2D eigenvalue weighted by Crippen LogP contribution is 2.33. The second-order valence-corrected chi connectivity index (χ2v) is 6.20. The molecule has 4 nitrogen and oxygen atoms in total. The lowest BCUT2D eigenvalue weighted by Gasteiger charge is -2.12. The first kappa shape index (κ1) is 19.2. The maximum Gasteiger partial charge on any atom is 0.162 e. The fraction of sp³-hybridized carbons (Fsp3) is 0.300. The van der Waals surface area contributed by atoms with Gasteiger partial charge in [-0.05, 0) is 41.8 Å². The molecule has 0 aliphatic carbocycles. The van der Waals surface area contributed by atoms with Gasteiger partial charge in [0.1, 0.15) is 12.4 Å². The van der Waals surface area contributed by atoms with Gasteiger partial charge >= 0.3 is 0 Å². The zero-order valence-electron chi connectivity index (χ0n) is 14.9. The van der Waals surface area contributed by atoms with Crippen molar-refractivity contribution in [2.24, 2.45) is 0 Å². The molecule has 0 heterocycles. The van der Waals surface area contributed by atoms with Crippen molar-refractivity contribution in [3.63, 3.8) is 0 Å². The standard InChI is InChI=1S/C20H24ClNO3/c1-14(2)13-25-17-7-5-15(6-8-17)11-22-12-16-9-19(23-3)20(24-4)10-18(16)21/h5-10,22H,1,11-13H2,2-4H3. The molecule has 0 radical (unpaired) electrons. The molecule has 0 amide bonds. The second kappa shape index (κ2) is 9.35. The summed E-state index contributed by atoms with van der Waals surface area (Å²) in [6.07, 6.45) is 0. The van der Waals surface area contributed by atoms with Crippen molar-refractivity contribution < 1.29 is 14.2 Å². The minimum absolute atomic E-state index is 0.537. The molecule has 0 bridgehead atoms. The van der Waals surface area contributed by atoms with Crippen LogP contribution >= 0.6 is 11.6 Å². The number of rotatable bonds is 9. The molecule has 0 aromatic heterocycles. The average Bonchev–Trinajstić information content (AvgIpc) is 2.61. The first-order valence-corrected chi connectivity index (χ1v) is 8.38. The second-order valence-electron chi connectivity index (χ2n) is 5.79. The van der Waals surface area contributed by atoms with Gasteiger partial charge in [-0.25, -0.2) is 0 Å². The van der Waals surface area contributed by atoms with Gasteiger partial charge < -0.3 is 19.5 Å². The van der Waals surface area contributed by atoms with Gasteiger partial charge in [-0.2, -0.15) is 0 Å². The Morgan fingerprint density at radius 3 is 2.28 bits per heavy atom. The Labute approximate surface area is 154 Å². The Hall–Kier alpha value is -2.17. The maximum absolute atomic E-state index is 6.30. The summed E-state index contributed by atoms with van der Waals surface area (Å²) >= 11 is 6.30. The number of ether oxygens (including phenoxy) is 3. The van der Waals surface area contributed by atoms with Crippen LogP contribution in [0.1, 0.15) is 18.1 Å². The van der Waals surface area contributed by atoms with Crippen LogP contribution in [0.4, 0.5) is 0 Å². The van der Waals surface area contributed by atoms with E-state index in [9.17, 15) is 0 Å². The largest absolute Gasteiger partial charge is 0.493 e. The van der Waals surface area contributed by atoms with E-state index in [4.69, 9.17) is 25.8 Å². The summed E-state index contributed by atoms with van der Waals surface area (Å²) in [5, 5.41) is 4.03. The predicted molar refractivity (Wildman–Crippen MR) is 102 cm³/mol. The smallest absolute Gasteiger partial charge is 0.162 e. The fourth-order valence-corrected chi connectivity index (χ4v) is 2.50. The highest BCUT2D eigenvalue weighted by atomic mass is 35.5. The molecule has 0 spiro atoms. The number of methoxy groups -OCH3 is 2. The molecule has 1 N–H and O–H groups in total. The van der Waals surface area contributed by atoms with E-state index in [-0.39, 0.29) is 0 Å². The third-order valence-electron chi connectivity index (χ3n) is 3.61. The fourth-order valence-electron chi connectivity index (χ4n) is 2.28. The number of nitrogens with one attached hydrogen (secondary N) is 1. The van der Waals surface area contributed by atoms with Crippen LogP contribution in [0.3, 0.4) is 0 Å². The Kier molecular flexibility index (Phi) is 7.16. The lowest BCUT2D eigenvalue weighted by atomic mass is 10.1. The molecule has 0 fully saturated rings. The topological polar surface area (TPSA) is 39.7 Å². The van der Waals surface area contributed by atoms with Crippen LogP contribution in [0.25, 0.3) is 0 Å². The van der Waals surface area contributed by atoms with Crippen molar-refractivity contribution in [2.75, 3.05) is 20.8 Å². The summed E-state index contributed by atoms with van der Waals surface area (Å²) in [4.78, 5) is 0. The van der Waals surface area contributed by atoms with Gasteiger partial charge in [0.05, 0.1) is 14.2 Å². The van der Waals surface area contributed by atoms with Crippen molar-refractivity contribution in [1.82, 2.24) is 5.32 Å². The molecule has 0 saturated carbocycles. The van der Waals surface area contributed by atoms with E-state index in [0.29, 0.717) is 29.7 Å². The van der Waals surface area contributed by atoms with E-state index >= 15 is 0 Å². The third-order valence-corrected chi connectivity index (χ3v) is 3.96. The highest BCUT2D eigenvalue weighted by molar-refractivity contribution is 6.31. The summed E-state index contributed by atoms with van der Waals surface area (Å²) in [5.41, 5.74) is 3.12. The van der Waals surface area contributed by atoms with Crippen molar-refractivity contribution >= 4 is 11.6 Å². The minimum Gasteiger partial charge on any atom is -0.493 e. The van der Waals surface area contributed by atoms with Crippen LogP contribution in [0, 0.1) is 0 Å². The molecular weight excluding hydrogens is 338 g/mol. The third kappa shape index (κ3) is 5.69. The first-order chi connectivity index (χ1) is 12.0. The van der Waals surface area contributed by atoms with Crippen LogP contribution in [0.5, 0.6) is 17.2 Å². The SMILES string of the molecule is C=C(C)COc1ccc(CNCc2cc(OC)c(OC)cc2Cl)cc1. The van der Waals surface area contributed by atoms with E-state index in [1.165, 1.54) is 5.56 Å². The van der Waals surface area contributed by atoms with E-state index in [1.54, 1.807) is 20.3 Å². The summed E-state index contributed by atoms with van der Waals surface area (Å²) in [6, 6.07) is 11.7. The van der Waals surface area contributed by atoms with Crippen molar-refractivity contribution in [3.05, 3.63) is 64.7 Å². The number of hydrogen-bond acceptors (Lipinski definition) is 4. The summed E-state index contributed by atoms with van der Waals surface area (Å²) in [5.74, 6) is 2.14. The van der Waals surface area contributed by atoms with Crippen LogP contribution in [-0.4, -0.2) is 20.8 Å². The molecule has 2 rings (SSSR count). The van der Waals surface area contributed by atoms with Crippen LogP contribution in [0.15, 0.2) is 48.6 Å². The number of benzene rings is 2. The van der Waals surface area contributed by atoms with Gasteiger partial charge in [0, 0.05) is 24.2 Å². The van der Waals surface area contributed by atoms with Gasteiger partial charge in [0.2, 0.25) is 0 Å². The van der Waals surface area contributed by atoms with Gasteiger partial charge in [-0.15, -0.1) is 0 Å². The molecule has 5 heteroatoms. The molecule has 0 aliphatic heterocycles. The van der Waals surface area contributed by atoms with Crippen LogP contribution < -0.4 is 19.5 Å². The van der Waals surface area contributed by atoms with Crippen molar-refractivity contribution in [2.45, 2.75) is 20.0 Å². The molecule has 0 unspecified atom stereocenters. The Morgan fingerprint density at radius 1 is 1.04 bits per heavy atom. The van der Waals surface area contributed by atoms with Gasteiger partial charge in [-0.1, -0.05) is 30.3 Å². The minimum atomic E-state index is 0.537. The maximum atomic E-state index is 6.30.